The van der Waals surface area contributed by atoms with Crippen molar-refractivity contribution in [2.24, 2.45) is 0 Å². The molecule has 14 heteroatoms. The Labute approximate surface area is 195 Å². The number of nitrogens with zero attached hydrogens (tertiary/aromatic N) is 3. The SMILES string of the molecule is O=C(N[C@H]1COc2ccc(C(F)(F)F)cc2C1O)c1cc2n(n1)CCN(CCOCC(F)(F)F)C2. The minimum atomic E-state index is -4.60. The number of halogens is 6. The molecule has 3 heterocycles. The minimum Gasteiger partial charge on any atom is -0.491 e. The number of hydrogen-bond donors (Lipinski definition) is 2. The standard InChI is InChI=1S/C21H22F6N4O4/c22-20(23,24)11-34-6-5-30-3-4-31-13(9-30)8-15(29-31)19(33)28-16-10-35-17-2-1-12(21(25,26)27)7-14(17)18(16)32/h1-2,7-8,16,18,32H,3-6,9-11H2,(H,28,33)/t16-,18?/m0/s1. The van der Waals surface area contributed by atoms with Crippen molar-refractivity contribution in [3.63, 3.8) is 0 Å². The van der Waals surface area contributed by atoms with Gasteiger partial charge in [-0.15, -0.1) is 0 Å². The number of carbonyl (C=O) groups excluding carboxylic acids is 1. The molecule has 2 atom stereocenters. The number of alkyl halides is 6. The number of rotatable bonds is 6. The van der Waals surface area contributed by atoms with Gasteiger partial charge in [0, 0.05) is 25.2 Å². The molecule has 0 radical (unpaired) electrons. The number of aliphatic hydroxyl groups is 1. The number of benzene rings is 1. The van der Waals surface area contributed by atoms with Crippen molar-refractivity contribution in [2.75, 3.05) is 32.9 Å². The van der Waals surface area contributed by atoms with Gasteiger partial charge in [0.25, 0.3) is 5.91 Å². The summed E-state index contributed by atoms with van der Waals surface area (Å²) in [7, 11) is 0. The maximum Gasteiger partial charge on any atom is 0.416 e. The van der Waals surface area contributed by atoms with Crippen LogP contribution in [0.4, 0.5) is 26.3 Å². The molecule has 8 nitrogen and oxygen atoms in total. The molecule has 0 bridgehead atoms. The Hall–Kier alpha value is -2.84. The first-order chi connectivity index (χ1) is 16.4. The predicted octanol–water partition coefficient (Wildman–Crippen LogP) is 2.52. The van der Waals surface area contributed by atoms with Crippen molar-refractivity contribution in [3.8, 4) is 5.75 Å². The van der Waals surface area contributed by atoms with Crippen LogP contribution in [0.25, 0.3) is 0 Å². The lowest BCUT2D eigenvalue weighted by molar-refractivity contribution is -0.174. The monoisotopic (exact) mass is 508 g/mol. The van der Waals surface area contributed by atoms with Crippen molar-refractivity contribution in [3.05, 3.63) is 46.8 Å². The van der Waals surface area contributed by atoms with Crippen LogP contribution in [0.5, 0.6) is 5.75 Å². The average Bonchev–Trinajstić information content (AvgIpc) is 3.21. The van der Waals surface area contributed by atoms with Crippen LogP contribution in [-0.4, -0.2) is 70.8 Å². The predicted molar refractivity (Wildman–Crippen MR) is 108 cm³/mol. The highest BCUT2D eigenvalue weighted by Crippen LogP contribution is 2.38. The number of nitrogens with one attached hydrogen (secondary N) is 1. The second-order valence-electron chi connectivity index (χ2n) is 8.27. The van der Waals surface area contributed by atoms with Gasteiger partial charge in [0.1, 0.15) is 25.1 Å². The fourth-order valence-electron chi connectivity index (χ4n) is 3.94. The lowest BCUT2D eigenvalue weighted by Crippen LogP contribution is -2.45. The van der Waals surface area contributed by atoms with Crippen molar-refractivity contribution in [1.82, 2.24) is 20.0 Å². The molecule has 4 rings (SSSR count). The average molecular weight is 508 g/mol. The van der Waals surface area contributed by atoms with Crippen LogP contribution in [0.15, 0.2) is 24.3 Å². The van der Waals surface area contributed by atoms with E-state index >= 15 is 0 Å². The van der Waals surface area contributed by atoms with Gasteiger partial charge in [-0.3, -0.25) is 14.4 Å². The number of amides is 1. The summed E-state index contributed by atoms with van der Waals surface area (Å²) in [5.74, 6) is -0.539. The van der Waals surface area contributed by atoms with Gasteiger partial charge < -0.3 is 19.9 Å². The molecule has 1 unspecified atom stereocenters. The summed E-state index contributed by atoms with van der Waals surface area (Å²) in [6, 6.07) is 3.29. The second kappa shape index (κ2) is 9.66. The number of carbonyl (C=O) groups is 1. The van der Waals surface area contributed by atoms with Gasteiger partial charge in [-0.2, -0.15) is 31.4 Å². The Kier molecular flexibility index (Phi) is 6.97. The normalized spacial score (nSPS) is 20.7. The second-order valence-corrected chi connectivity index (χ2v) is 8.27. The maximum absolute atomic E-state index is 13.0. The molecule has 2 N–H and O–H groups in total. The van der Waals surface area contributed by atoms with Crippen LogP contribution in [0.2, 0.25) is 0 Å². The molecule has 2 aliphatic rings. The van der Waals surface area contributed by atoms with Crippen LogP contribution in [0.3, 0.4) is 0 Å². The van der Waals surface area contributed by atoms with E-state index in [0.29, 0.717) is 25.3 Å². The van der Waals surface area contributed by atoms with E-state index in [2.05, 4.69) is 15.2 Å². The molecule has 35 heavy (non-hydrogen) atoms. The van der Waals surface area contributed by atoms with Crippen LogP contribution in [0, 0.1) is 0 Å². The molecule has 1 aromatic carbocycles. The van der Waals surface area contributed by atoms with E-state index in [-0.39, 0.29) is 36.8 Å². The molecule has 192 valence electrons. The number of ether oxygens (including phenoxy) is 2. The van der Waals surface area contributed by atoms with E-state index in [1.807, 2.05) is 4.90 Å². The zero-order valence-corrected chi connectivity index (χ0v) is 18.2. The molecular formula is C21H22F6N4O4. The third kappa shape index (κ3) is 6.05. The lowest BCUT2D eigenvalue weighted by atomic mass is 9.97. The van der Waals surface area contributed by atoms with E-state index in [1.54, 1.807) is 4.68 Å². The van der Waals surface area contributed by atoms with E-state index in [9.17, 15) is 36.2 Å². The van der Waals surface area contributed by atoms with E-state index < -0.39 is 42.6 Å². The number of aliphatic hydroxyl groups excluding tert-OH is 1. The van der Waals surface area contributed by atoms with Gasteiger partial charge in [-0.1, -0.05) is 0 Å². The number of aromatic nitrogens is 2. The lowest BCUT2D eigenvalue weighted by Gasteiger charge is -2.31. The van der Waals surface area contributed by atoms with E-state index in [0.717, 1.165) is 18.2 Å². The van der Waals surface area contributed by atoms with Crippen molar-refractivity contribution < 1.29 is 45.7 Å². The molecular weight excluding hydrogens is 486 g/mol. The van der Waals surface area contributed by atoms with E-state index in [4.69, 9.17) is 4.74 Å². The zero-order valence-electron chi connectivity index (χ0n) is 18.2. The first-order valence-corrected chi connectivity index (χ1v) is 10.7. The Balaban J connectivity index is 1.36. The third-order valence-corrected chi connectivity index (χ3v) is 5.70. The first-order valence-electron chi connectivity index (χ1n) is 10.7. The number of hydrogen-bond acceptors (Lipinski definition) is 6. The smallest absolute Gasteiger partial charge is 0.416 e. The molecule has 0 saturated heterocycles. The summed E-state index contributed by atoms with van der Waals surface area (Å²) in [6.45, 7) is -0.0418. The first kappa shape index (κ1) is 25.3. The fourth-order valence-corrected chi connectivity index (χ4v) is 3.94. The summed E-state index contributed by atoms with van der Waals surface area (Å²) in [5.41, 5.74) is -0.319. The largest absolute Gasteiger partial charge is 0.491 e. The van der Waals surface area contributed by atoms with Crippen LogP contribution >= 0.6 is 0 Å². The topological polar surface area (TPSA) is 88.8 Å². The van der Waals surface area contributed by atoms with E-state index in [1.165, 1.54) is 6.07 Å². The highest BCUT2D eigenvalue weighted by Gasteiger charge is 2.36. The Morgan fingerprint density at radius 2 is 1.97 bits per heavy atom. The zero-order chi connectivity index (χ0) is 25.4. The fraction of sp³-hybridized carbons (Fsp3) is 0.524. The third-order valence-electron chi connectivity index (χ3n) is 5.70. The van der Waals surface area contributed by atoms with Crippen molar-refractivity contribution in [2.45, 2.75) is 37.6 Å². The molecule has 1 amide bonds. The quantitative estimate of drug-likeness (QED) is 0.461. The van der Waals surface area contributed by atoms with Crippen LogP contribution < -0.4 is 10.1 Å². The van der Waals surface area contributed by atoms with Crippen LogP contribution in [-0.2, 0) is 24.0 Å². The van der Waals surface area contributed by atoms with Gasteiger partial charge in [-0.25, -0.2) is 0 Å². The summed E-state index contributed by atoms with van der Waals surface area (Å²) in [5, 5.41) is 17.4. The summed E-state index contributed by atoms with van der Waals surface area (Å²) in [4.78, 5) is 14.6. The Morgan fingerprint density at radius 1 is 1.20 bits per heavy atom. The maximum atomic E-state index is 13.0. The highest BCUT2D eigenvalue weighted by molar-refractivity contribution is 5.92. The molecule has 2 aliphatic heterocycles. The van der Waals surface area contributed by atoms with Gasteiger partial charge in [0.15, 0.2) is 5.69 Å². The summed E-state index contributed by atoms with van der Waals surface area (Å²) < 4.78 is 87.2. The van der Waals surface area contributed by atoms with Crippen molar-refractivity contribution in [1.29, 1.82) is 0 Å². The summed E-state index contributed by atoms with van der Waals surface area (Å²) in [6.07, 6.45) is -10.4. The van der Waals surface area contributed by atoms with Gasteiger partial charge in [0.05, 0.1) is 30.5 Å². The molecule has 2 aromatic rings. The molecule has 0 fully saturated rings. The minimum absolute atomic E-state index is 0.0391. The Bertz CT molecular complexity index is 1070. The van der Waals surface area contributed by atoms with Gasteiger partial charge in [-0.05, 0) is 24.3 Å². The van der Waals surface area contributed by atoms with Gasteiger partial charge in [0.2, 0.25) is 0 Å². The highest BCUT2D eigenvalue weighted by atomic mass is 19.4. The molecule has 0 spiro atoms. The van der Waals surface area contributed by atoms with Gasteiger partial charge >= 0.3 is 12.4 Å². The Morgan fingerprint density at radius 3 is 2.69 bits per heavy atom. The number of fused-ring (bicyclic) bond motifs is 2. The van der Waals surface area contributed by atoms with Crippen LogP contribution in [0.1, 0.15) is 33.4 Å². The molecule has 0 saturated carbocycles. The van der Waals surface area contributed by atoms with Crippen molar-refractivity contribution >= 4 is 5.91 Å². The summed E-state index contributed by atoms with van der Waals surface area (Å²) >= 11 is 0. The molecule has 0 aliphatic carbocycles. The molecule has 1 aromatic heterocycles.